The maximum Gasteiger partial charge on any atom is 0.417 e. The number of nitrogens with zero attached hydrogens (tertiary/aromatic N) is 4. The van der Waals surface area contributed by atoms with Gasteiger partial charge in [0, 0.05) is 11.0 Å². The predicted molar refractivity (Wildman–Crippen MR) is 115 cm³/mol. The molecule has 2 N–H and O–H groups in total. The van der Waals surface area contributed by atoms with Crippen molar-refractivity contribution in [2.24, 2.45) is 5.41 Å². The topological polar surface area (TPSA) is 93.3 Å². The van der Waals surface area contributed by atoms with Gasteiger partial charge in [-0.1, -0.05) is 12.1 Å². The fraction of sp³-hybridized carbons (Fsp3) is 0.458. The normalized spacial score (nSPS) is 25.2. The van der Waals surface area contributed by atoms with E-state index in [2.05, 4.69) is 15.5 Å². The van der Waals surface area contributed by atoms with Crippen molar-refractivity contribution in [2.45, 2.75) is 55.0 Å². The Bertz CT molecular complexity index is 1300. The zero-order valence-corrected chi connectivity index (χ0v) is 19.5. The van der Waals surface area contributed by atoms with Crippen molar-refractivity contribution < 1.29 is 45.7 Å². The van der Waals surface area contributed by atoms with Crippen LogP contribution in [0.2, 0.25) is 0 Å². The maximum atomic E-state index is 16.2. The van der Waals surface area contributed by atoms with Crippen LogP contribution in [0.4, 0.5) is 30.7 Å². The van der Waals surface area contributed by atoms with Crippen LogP contribution in [0.25, 0.3) is 0 Å². The van der Waals surface area contributed by atoms with E-state index in [9.17, 15) is 27.1 Å². The van der Waals surface area contributed by atoms with Gasteiger partial charge in [0.1, 0.15) is 30.3 Å². The van der Waals surface area contributed by atoms with Gasteiger partial charge in [-0.15, -0.1) is 5.10 Å². The van der Waals surface area contributed by atoms with Gasteiger partial charge in [-0.05, 0) is 71.0 Å². The van der Waals surface area contributed by atoms with Crippen LogP contribution < -0.4 is 4.74 Å². The highest BCUT2D eigenvalue weighted by Crippen LogP contribution is 2.80. The van der Waals surface area contributed by atoms with Gasteiger partial charge in [0.2, 0.25) is 0 Å². The number of halogens is 7. The smallest absolute Gasteiger partial charge is 0.417 e. The average Bonchev–Trinajstić information content (AvgIpc) is 3.30. The third-order valence-corrected chi connectivity index (χ3v) is 7.62. The van der Waals surface area contributed by atoms with Gasteiger partial charge in [0.05, 0.1) is 6.54 Å². The molecule has 0 radical (unpaired) electrons. The Morgan fingerprint density at radius 2 is 1.66 bits per heavy atom. The number of aliphatic hydroxyl groups is 2. The van der Waals surface area contributed by atoms with Crippen molar-refractivity contribution in [3.63, 3.8) is 0 Å². The molecule has 0 saturated heterocycles. The lowest BCUT2D eigenvalue weighted by atomic mass is 9.30. The molecule has 0 spiro atoms. The van der Waals surface area contributed by atoms with Gasteiger partial charge < -0.3 is 14.9 Å². The Kier molecular flexibility index (Phi) is 5.98. The van der Waals surface area contributed by atoms with Gasteiger partial charge in [-0.25, -0.2) is 22.2 Å². The molecule has 0 amide bonds. The van der Waals surface area contributed by atoms with Crippen molar-refractivity contribution in [1.29, 1.82) is 0 Å². The average molecular weight is 546 g/mol. The van der Waals surface area contributed by atoms with Crippen molar-refractivity contribution in [3.8, 4) is 5.75 Å². The number of tetrazole rings is 1. The summed E-state index contributed by atoms with van der Waals surface area (Å²) in [6, 6.07) is 7.77. The molecule has 3 fully saturated rings. The fourth-order valence-corrected chi connectivity index (χ4v) is 5.70. The first-order valence-corrected chi connectivity index (χ1v) is 11.5. The zero-order chi connectivity index (χ0) is 27.6. The van der Waals surface area contributed by atoms with Gasteiger partial charge in [0.15, 0.2) is 11.7 Å². The lowest BCUT2D eigenvalue weighted by Crippen LogP contribution is -2.76. The van der Waals surface area contributed by atoms with Crippen LogP contribution in [0.3, 0.4) is 0 Å². The van der Waals surface area contributed by atoms with Gasteiger partial charge in [-0.2, -0.15) is 13.2 Å². The van der Waals surface area contributed by atoms with E-state index in [0.717, 1.165) is 17.1 Å². The first-order valence-electron chi connectivity index (χ1n) is 11.5. The SMILES string of the molecule is O[C@@H](COc1ccc(C23CC(C(F)(F)[C@](O)(Cn4cnnn4)c4cc(F)ccc4F)(C2)C3)cc1)C(F)(F)F. The van der Waals surface area contributed by atoms with Crippen molar-refractivity contribution in [3.05, 3.63) is 71.6 Å². The number of rotatable bonds is 9. The van der Waals surface area contributed by atoms with E-state index in [1.54, 1.807) is 0 Å². The number of alkyl halides is 5. The number of ether oxygens (including phenoxy) is 1. The number of hydrogen-bond acceptors (Lipinski definition) is 6. The standard InChI is InChI=1S/C24H21F7N4O3/c25-15-3-6-18(26)17(7-15)22(37,12-35-13-32-33-34-35)24(30,31)21-9-20(10-21,11-21)14-1-4-16(5-2-14)38-8-19(36)23(27,28)29/h1-7,13,19,36-37H,8-12H2/t19-,20?,21?,22-/m0/s1. The summed E-state index contributed by atoms with van der Waals surface area (Å²) in [4.78, 5) is 0. The molecular weight excluding hydrogens is 525 g/mol. The summed E-state index contributed by atoms with van der Waals surface area (Å²) in [7, 11) is 0. The predicted octanol–water partition coefficient (Wildman–Crippen LogP) is 3.90. The first-order chi connectivity index (χ1) is 17.7. The molecule has 14 heteroatoms. The lowest BCUT2D eigenvalue weighted by molar-refractivity contribution is -0.347. The molecule has 0 aliphatic heterocycles. The van der Waals surface area contributed by atoms with E-state index in [4.69, 9.17) is 9.84 Å². The molecule has 2 aromatic carbocycles. The Morgan fingerprint density at radius 3 is 2.24 bits per heavy atom. The first kappa shape index (κ1) is 26.4. The summed E-state index contributed by atoms with van der Waals surface area (Å²) < 4.78 is 104. The summed E-state index contributed by atoms with van der Waals surface area (Å²) in [5.74, 6) is -6.10. The van der Waals surface area contributed by atoms with Crippen LogP contribution in [0.15, 0.2) is 48.8 Å². The molecule has 3 saturated carbocycles. The van der Waals surface area contributed by atoms with Gasteiger partial charge in [-0.3, -0.25) is 0 Å². The molecule has 1 aromatic heterocycles. The maximum absolute atomic E-state index is 16.2. The van der Waals surface area contributed by atoms with Crippen LogP contribution >= 0.6 is 0 Å². The van der Waals surface area contributed by atoms with Gasteiger partial charge in [0.25, 0.3) is 5.92 Å². The van der Waals surface area contributed by atoms with E-state index in [1.807, 2.05) is 0 Å². The van der Waals surface area contributed by atoms with Gasteiger partial charge >= 0.3 is 6.18 Å². The molecule has 0 unspecified atom stereocenters. The minimum atomic E-state index is -4.83. The minimum Gasteiger partial charge on any atom is -0.491 e. The second-order valence-corrected chi connectivity index (χ2v) is 10.1. The van der Waals surface area contributed by atoms with Crippen LogP contribution in [0.1, 0.15) is 30.4 Å². The van der Waals surface area contributed by atoms with Crippen LogP contribution in [0.5, 0.6) is 5.75 Å². The summed E-state index contributed by atoms with van der Waals surface area (Å²) in [6.07, 6.45) is -6.74. The Labute approximate surface area is 210 Å². The van der Waals surface area contributed by atoms with Crippen LogP contribution in [-0.2, 0) is 17.6 Å². The molecule has 2 bridgehead atoms. The van der Waals surface area contributed by atoms with Crippen LogP contribution in [-0.4, -0.2) is 55.2 Å². The Balaban J connectivity index is 1.36. The molecular formula is C24H21F7N4O3. The van der Waals surface area contributed by atoms with Crippen LogP contribution in [0, 0.1) is 17.0 Å². The molecule has 6 rings (SSSR count). The minimum absolute atomic E-state index is 0.0566. The molecule has 38 heavy (non-hydrogen) atoms. The Morgan fingerprint density at radius 1 is 1.00 bits per heavy atom. The summed E-state index contributed by atoms with van der Waals surface area (Å²) in [6.45, 7) is -1.93. The van der Waals surface area contributed by atoms with Crippen molar-refractivity contribution in [1.82, 2.24) is 20.2 Å². The third kappa shape index (κ3) is 4.01. The van der Waals surface area contributed by atoms with E-state index in [1.165, 1.54) is 24.3 Å². The van der Waals surface area contributed by atoms with Crippen molar-refractivity contribution >= 4 is 0 Å². The van der Waals surface area contributed by atoms with E-state index < -0.39 is 65.0 Å². The highest BCUT2D eigenvalue weighted by molar-refractivity contribution is 5.44. The Hall–Kier alpha value is -3.26. The monoisotopic (exact) mass is 546 g/mol. The number of aromatic nitrogens is 4. The molecule has 3 aromatic rings. The summed E-state index contributed by atoms with van der Waals surface area (Å²) >= 11 is 0. The molecule has 3 aliphatic rings. The molecule has 204 valence electrons. The second-order valence-electron chi connectivity index (χ2n) is 10.1. The molecule has 3 aliphatic carbocycles. The largest absolute Gasteiger partial charge is 0.491 e. The van der Waals surface area contributed by atoms with E-state index in [-0.39, 0.29) is 25.0 Å². The third-order valence-electron chi connectivity index (χ3n) is 7.62. The number of benzene rings is 2. The second kappa shape index (κ2) is 8.63. The van der Waals surface area contributed by atoms with E-state index in [0.29, 0.717) is 17.7 Å². The van der Waals surface area contributed by atoms with E-state index >= 15 is 8.78 Å². The fourth-order valence-electron chi connectivity index (χ4n) is 5.70. The molecule has 7 nitrogen and oxygen atoms in total. The zero-order valence-electron chi connectivity index (χ0n) is 19.5. The molecule has 2 atom stereocenters. The molecule has 1 heterocycles. The lowest BCUT2D eigenvalue weighted by Gasteiger charge is -2.74. The quantitative estimate of drug-likeness (QED) is 0.396. The highest BCUT2D eigenvalue weighted by Gasteiger charge is 2.82. The summed E-state index contributed by atoms with van der Waals surface area (Å²) in [5, 5.41) is 30.6. The summed E-state index contributed by atoms with van der Waals surface area (Å²) in [5.41, 5.74) is -5.86. The van der Waals surface area contributed by atoms with Crippen molar-refractivity contribution in [2.75, 3.05) is 6.61 Å². The number of aliphatic hydroxyl groups excluding tert-OH is 1. The number of hydrogen-bond donors (Lipinski definition) is 2. The highest BCUT2D eigenvalue weighted by atomic mass is 19.4.